The first-order valence-corrected chi connectivity index (χ1v) is 7.50. The summed E-state index contributed by atoms with van der Waals surface area (Å²) in [6, 6.07) is 5.70. The van der Waals surface area contributed by atoms with Gasteiger partial charge in [0.2, 0.25) is 11.8 Å². The van der Waals surface area contributed by atoms with Gasteiger partial charge in [0.1, 0.15) is 0 Å². The number of hydrogen-bond acceptors (Lipinski definition) is 3. The minimum atomic E-state index is -0.706. The molecule has 0 spiro atoms. The van der Waals surface area contributed by atoms with E-state index < -0.39 is 5.54 Å². The van der Waals surface area contributed by atoms with Gasteiger partial charge in [-0.3, -0.25) is 9.59 Å². The molecule has 21 heavy (non-hydrogen) atoms. The molecule has 1 fully saturated rings. The van der Waals surface area contributed by atoms with Gasteiger partial charge in [-0.15, -0.1) is 0 Å². The topological polar surface area (TPSA) is 84.2 Å². The number of amides is 2. The van der Waals surface area contributed by atoms with Crippen LogP contribution in [-0.2, 0) is 16.0 Å². The number of nitrogens with two attached hydrogens (primary N) is 1. The van der Waals surface area contributed by atoms with Crippen molar-refractivity contribution in [1.29, 1.82) is 0 Å². The van der Waals surface area contributed by atoms with Gasteiger partial charge in [-0.05, 0) is 37.0 Å². The van der Waals surface area contributed by atoms with E-state index in [1.807, 2.05) is 25.1 Å². The molecule has 1 unspecified atom stereocenters. The number of anilines is 1. The Balaban J connectivity index is 1.71. The van der Waals surface area contributed by atoms with Crippen LogP contribution >= 0.6 is 0 Å². The third-order valence-electron chi connectivity index (χ3n) is 4.55. The number of benzene rings is 1. The number of nitrogens with one attached hydrogen (secondary N) is 2. The van der Waals surface area contributed by atoms with E-state index in [9.17, 15) is 9.59 Å². The number of fused-ring (bicyclic) bond motifs is 1. The Hall–Kier alpha value is -1.88. The van der Waals surface area contributed by atoms with Crippen molar-refractivity contribution in [2.75, 3.05) is 5.32 Å². The Morgan fingerprint density at radius 2 is 2.10 bits per heavy atom. The molecule has 0 aromatic heterocycles. The molecule has 112 valence electrons. The molecule has 1 atom stereocenters. The maximum atomic E-state index is 12.3. The van der Waals surface area contributed by atoms with Gasteiger partial charge in [-0.25, -0.2) is 0 Å². The molecule has 1 aromatic carbocycles. The van der Waals surface area contributed by atoms with Crippen molar-refractivity contribution in [2.24, 2.45) is 5.73 Å². The molecule has 5 heteroatoms. The lowest BCUT2D eigenvalue weighted by molar-refractivity contribution is -0.126. The summed E-state index contributed by atoms with van der Waals surface area (Å²) in [6.45, 7) is 1.95. The predicted octanol–water partition coefficient (Wildman–Crippen LogP) is 1.63. The zero-order valence-electron chi connectivity index (χ0n) is 12.2. The minimum Gasteiger partial charge on any atom is -0.348 e. The van der Waals surface area contributed by atoms with Gasteiger partial charge < -0.3 is 16.4 Å². The zero-order valence-corrected chi connectivity index (χ0v) is 12.2. The second-order valence-corrected chi connectivity index (χ2v) is 6.20. The van der Waals surface area contributed by atoms with Crippen molar-refractivity contribution in [3.05, 3.63) is 29.3 Å². The van der Waals surface area contributed by atoms with Crippen LogP contribution in [0.3, 0.4) is 0 Å². The van der Waals surface area contributed by atoms with Crippen molar-refractivity contribution in [2.45, 2.75) is 50.6 Å². The maximum absolute atomic E-state index is 12.3. The Bertz CT molecular complexity index is 591. The highest BCUT2D eigenvalue weighted by Crippen LogP contribution is 2.29. The fourth-order valence-electron chi connectivity index (χ4n) is 3.18. The Kier molecular flexibility index (Phi) is 3.45. The molecule has 1 aliphatic carbocycles. The highest BCUT2D eigenvalue weighted by atomic mass is 16.2. The van der Waals surface area contributed by atoms with Crippen molar-refractivity contribution >= 4 is 17.5 Å². The van der Waals surface area contributed by atoms with E-state index in [2.05, 4.69) is 10.6 Å². The van der Waals surface area contributed by atoms with Crippen LogP contribution < -0.4 is 16.4 Å². The molecular formula is C16H21N3O2. The molecule has 5 nitrogen and oxygen atoms in total. The van der Waals surface area contributed by atoms with E-state index in [1.54, 1.807) is 0 Å². The van der Waals surface area contributed by atoms with Crippen LogP contribution in [0, 0.1) is 0 Å². The van der Waals surface area contributed by atoms with Crippen LogP contribution in [-0.4, -0.2) is 17.4 Å². The monoisotopic (exact) mass is 287 g/mol. The fourth-order valence-corrected chi connectivity index (χ4v) is 3.18. The van der Waals surface area contributed by atoms with E-state index in [4.69, 9.17) is 5.73 Å². The van der Waals surface area contributed by atoms with Crippen LogP contribution in [0.1, 0.15) is 49.8 Å². The summed E-state index contributed by atoms with van der Waals surface area (Å²) in [6.07, 6.45) is 3.96. The Morgan fingerprint density at radius 1 is 1.38 bits per heavy atom. The third-order valence-corrected chi connectivity index (χ3v) is 4.55. The van der Waals surface area contributed by atoms with E-state index in [0.717, 1.165) is 42.5 Å². The first kappa shape index (κ1) is 14.1. The van der Waals surface area contributed by atoms with Crippen LogP contribution in [0.4, 0.5) is 5.69 Å². The molecular weight excluding hydrogens is 266 g/mol. The van der Waals surface area contributed by atoms with Gasteiger partial charge in [0, 0.05) is 5.69 Å². The number of carbonyl (C=O) groups is 2. The molecule has 0 radical (unpaired) electrons. The van der Waals surface area contributed by atoms with Gasteiger partial charge in [0.25, 0.3) is 0 Å². The van der Waals surface area contributed by atoms with Gasteiger partial charge in [-0.2, -0.15) is 0 Å². The number of rotatable bonds is 3. The second kappa shape index (κ2) is 5.15. The standard InChI is InChI=1S/C16H21N3O2/c1-10(18-15(21)16(17)6-2-3-7-16)11-4-5-13-12(8-11)9-14(20)19-13/h4-5,8,10H,2-3,6-7,9,17H2,1H3,(H,18,21)(H,19,20). The van der Waals surface area contributed by atoms with Crippen molar-refractivity contribution in [3.8, 4) is 0 Å². The summed E-state index contributed by atoms with van der Waals surface area (Å²) < 4.78 is 0. The molecule has 3 rings (SSSR count). The molecule has 1 saturated carbocycles. The summed E-state index contributed by atoms with van der Waals surface area (Å²) in [5, 5.41) is 5.82. The van der Waals surface area contributed by atoms with Crippen molar-refractivity contribution < 1.29 is 9.59 Å². The quantitative estimate of drug-likeness (QED) is 0.790. The third kappa shape index (κ3) is 2.65. The molecule has 1 aliphatic heterocycles. The minimum absolute atomic E-state index is 0.0192. The second-order valence-electron chi connectivity index (χ2n) is 6.20. The SMILES string of the molecule is CC(NC(=O)C1(N)CCCC1)c1ccc2c(c1)CC(=O)N2. The smallest absolute Gasteiger partial charge is 0.240 e. The molecule has 1 aromatic rings. The molecule has 1 heterocycles. The predicted molar refractivity (Wildman–Crippen MR) is 80.7 cm³/mol. The van der Waals surface area contributed by atoms with Crippen LogP contribution in [0.15, 0.2) is 18.2 Å². The average molecular weight is 287 g/mol. The largest absolute Gasteiger partial charge is 0.348 e. The summed E-state index contributed by atoms with van der Waals surface area (Å²) in [5.74, 6) is -0.0482. The maximum Gasteiger partial charge on any atom is 0.240 e. The highest BCUT2D eigenvalue weighted by Gasteiger charge is 2.37. The zero-order chi connectivity index (χ0) is 15.0. The first-order valence-electron chi connectivity index (χ1n) is 7.50. The fraction of sp³-hybridized carbons (Fsp3) is 0.500. The Labute approximate surface area is 124 Å². The average Bonchev–Trinajstić information content (AvgIpc) is 3.03. The number of hydrogen-bond donors (Lipinski definition) is 3. The highest BCUT2D eigenvalue weighted by molar-refractivity contribution is 5.99. The van der Waals surface area contributed by atoms with Crippen molar-refractivity contribution in [3.63, 3.8) is 0 Å². The van der Waals surface area contributed by atoms with E-state index in [1.165, 1.54) is 0 Å². The van der Waals surface area contributed by atoms with Crippen LogP contribution in [0.2, 0.25) is 0 Å². The molecule has 0 bridgehead atoms. The molecule has 4 N–H and O–H groups in total. The lowest BCUT2D eigenvalue weighted by Crippen LogP contribution is -2.52. The summed E-state index contributed by atoms with van der Waals surface area (Å²) in [4.78, 5) is 23.7. The van der Waals surface area contributed by atoms with Crippen LogP contribution in [0.25, 0.3) is 0 Å². The summed E-state index contributed by atoms with van der Waals surface area (Å²) in [7, 11) is 0. The lowest BCUT2D eigenvalue weighted by atomic mass is 9.96. The van der Waals surface area contributed by atoms with Gasteiger partial charge >= 0.3 is 0 Å². The molecule has 2 amide bonds. The van der Waals surface area contributed by atoms with Crippen molar-refractivity contribution in [1.82, 2.24) is 5.32 Å². The van der Waals surface area contributed by atoms with Crippen LogP contribution in [0.5, 0.6) is 0 Å². The summed E-state index contributed by atoms with van der Waals surface area (Å²) in [5.41, 5.74) is 8.32. The normalized spacial score (nSPS) is 20.8. The first-order chi connectivity index (χ1) is 9.98. The Morgan fingerprint density at radius 3 is 2.81 bits per heavy atom. The molecule has 2 aliphatic rings. The van der Waals surface area contributed by atoms with Gasteiger partial charge in [0.15, 0.2) is 0 Å². The lowest BCUT2D eigenvalue weighted by Gasteiger charge is -2.25. The van der Waals surface area contributed by atoms with Gasteiger partial charge in [0.05, 0.1) is 18.0 Å². The van der Waals surface area contributed by atoms with Gasteiger partial charge in [-0.1, -0.05) is 25.0 Å². The number of carbonyl (C=O) groups excluding carboxylic acids is 2. The summed E-state index contributed by atoms with van der Waals surface area (Å²) >= 11 is 0. The molecule has 0 saturated heterocycles. The van der Waals surface area contributed by atoms with E-state index in [0.29, 0.717) is 6.42 Å². The van der Waals surface area contributed by atoms with E-state index >= 15 is 0 Å². The van der Waals surface area contributed by atoms with E-state index in [-0.39, 0.29) is 17.9 Å².